The van der Waals surface area contributed by atoms with E-state index in [1.165, 1.54) is 11.0 Å². The average Bonchev–Trinajstić information content (AvgIpc) is 2.76. The van der Waals surface area contributed by atoms with Gasteiger partial charge in [0, 0.05) is 7.05 Å². The summed E-state index contributed by atoms with van der Waals surface area (Å²) in [5.74, 6) is -0.615. The van der Waals surface area contributed by atoms with Crippen molar-refractivity contribution in [3.05, 3.63) is 69.9 Å². The van der Waals surface area contributed by atoms with Crippen LogP contribution in [0.2, 0.25) is 0 Å². The first-order valence-corrected chi connectivity index (χ1v) is 7.70. The molecule has 1 unspecified atom stereocenters. The van der Waals surface area contributed by atoms with E-state index >= 15 is 0 Å². The molecule has 22 heavy (non-hydrogen) atoms. The standard InChI is InChI=1S/C16H11BrFN2OS/c1-20-14(21)16(19-15(20)22,10-5-3-2-4-6-10)11-7-8-13(18)12(17)9-11/h2-5,7-9H,1H3,(H,19,22). The Morgan fingerprint density at radius 2 is 2.14 bits per heavy atom. The number of likely N-dealkylation sites (N-methyl/N-ethyl adjacent to an activating group) is 1. The highest BCUT2D eigenvalue weighted by Gasteiger charge is 2.51. The molecule has 3 nitrogen and oxygen atoms in total. The van der Waals surface area contributed by atoms with Crippen LogP contribution in [0.15, 0.2) is 46.9 Å². The smallest absolute Gasteiger partial charge is 0.263 e. The molecule has 0 aromatic heterocycles. The maximum absolute atomic E-state index is 13.6. The summed E-state index contributed by atoms with van der Waals surface area (Å²) < 4.78 is 13.9. The van der Waals surface area contributed by atoms with Crippen molar-refractivity contribution in [2.75, 3.05) is 7.05 Å². The molecule has 2 aromatic carbocycles. The van der Waals surface area contributed by atoms with Crippen LogP contribution in [-0.4, -0.2) is 23.0 Å². The molecule has 0 aliphatic carbocycles. The molecule has 0 bridgehead atoms. The second-order valence-corrected chi connectivity index (χ2v) is 6.19. The minimum Gasteiger partial charge on any atom is -0.341 e. The zero-order valence-electron chi connectivity index (χ0n) is 11.6. The number of hydrogen-bond acceptors (Lipinski definition) is 2. The summed E-state index contributed by atoms with van der Waals surface area (Å²) in [6.07, 6.45) is 0. The summed E-state index contributed by atoms with van der Waals surface area (Å²) in [4.78, 5) is 14.3. The summed E-state index contributed by atoms with van der Waals surface area (Å²) in [5, 5.41) is 3.40. The lowest BCUT2D eigenvalue weighted by Crippen LogP contribution is -2.45. The molecule has 111 valence electrons. The molecule has 1 aliphatic rings. The van der Waals surface area contributed by atoms with Crippen molar-refractivity contribution in [1.29, 1.82) is 0 Å². The minimum atomic E-state index is -1.19. The minimum absolute atomic E-state index is 0.224. The molecule has 1 fully saturated rings. The van der Waals surface area contributed by atoms with Crippen LogP contribution < -0.4 is 5.32 Å². The lowest BCUT2D eigenvalue weighted by atomic mass is 9.83. The molecule has 2 aromatic rings. The van der Waals surface area contributed by atoms with Gasteiger partial charge in [0.05, 0.1) is 4.47 Å². The molecule has 3 rings (SSSR count). The van der Waals surface area contributed by atoms with Crippen molar-refractivity contribution >= 4 is 39.2 Å². The van der Waals surface area contributed by atoms with Crippen LogP contribution in [0.4, 0.5) is 4.39 Å². The van der Waals surface area contributed by atoms with Gasteiger partial charge in [-0.25, -0.2) is 4.39 Å². The quantitative estimate of drug-likeness (QED) is 0.816. The van der Waals surface area contributed by atoms with Crippen molar-refractivity contribution in [1.82, 2.24) is 10.2 Å². The van der Waals surface area contributed by atoms with Crippen LogP contribution >= 0.6 is 28.1 Å². The average molecular weight is 378 g/mol. The fourth-order valence-corrected chi connectivity index (χ4v) is 3.15. The van der Waals surface area contributed by atoms with E-state index in [0.29, 0.717) is 16.2 Å². The Morgan fingerprint density at radius 1 is 1.36 bits per heavy atom. The van der Waals surface area contributed by atoms with E-state index in [1.807, 2.05) is 12.1 Å². The van der Waals surface area contributed by atoms with Gasteiger partial charge in [-0.05, 0) is 57.5 Å². The topological polar surface area (TPSA) is 32.3 Å². The SMILES string of the molecule is CN1C(=O)C(c2[c]cccc2)(c2ccc(F)c(Br)c2)NC1=S. The molecule has 6 heteroatoms. The molecule has 1 saturated heterocycles. The molecule has 1 heterocycles. The Hall–Kier alpha value is -1.79. The number of nitrogens with zero attached hydrogens (tertiary/aromatic N) is 1. The van der Waals surface area contributed by atoms with Crippen LogP contribution in [-0.2, 0) is 10.3 Å². The molecular formula is C16H11BrFN2OS. The van der Waals surface area contributed by atoms with Crippen LogP contribution in [0.5, 0.6) is 0 Å². The number of carbonyl (C=O) groups is 1. The second kappa shape index (κ2) is 5.44. The summed E-state index contributed by atoms with van der Waals surface area (Å²) in [5.41, 5.74) is 0.0358. The van der Waals surface area contributed by atoms with Crippen LogP contribution in [0.3, 0.4) is 0 Å². The van der Waals surface area contributed by atoms with E-state index in [1.54, 1.807) is 31.3 Å². The highest BCUT2D eigenvalue weighted by molar-refractivity contribution is 9.10. The van der Waals surface area contributed by atoms with E-state index in [4.69, 9.17) is 12.2 Å². The fraction of sp³-hybridized carbons (Fsp3) is 0.125. The van der Waals surface area contributed by atoms with Gasteiger partial charge in [0.1, 0.15) is 5.82 Å². The number of nitrogens with one attached hydrogen (secondary N) is 1. The first kappa shape index (κ1) is 15.1. The van der Waals surface area contributed by atoms with Gasteiger partial charge in [0.15, 0.2) is 10.7 Å². The summed E-state index contributed by atoms with van der Waals surface area (Å²) in [7, 11) is 1.61. The van der Waals surface area contributed by atoms with Crippen LogP contribution in [0.25, 0.3) is 0 Å². The molecule has 0 spiro atoms. The van der Waals surface area contributed by atoms with Crippen molar-refractivity contribution in [3.8, 4) is 0 Å². The van der Waals surface area contributed by atoms with Crippen LogP contribution in [0, 0.1) is 11.9 Å². The molecule has 1 atom stereocenters. The van der Waals surface area contributed by atoms with Gasteiger partial charge in [-0.2, -0.15) is 0 Å². The third-order valence-electron chi connectivity index (χ3n) is 3.69. The molecule has 1 aliphatic heterocycles. The van der Waals surface area contributed by atoms with E-state index in [2.05, 4.69) is 27.3 Å². The van der Waals surface area contributed by atoms with Gasteiger partial charge >= 0.3 is 0 Å². The Bertz CT molecular complexity index is 768. The highest BCUT2D eigenvalue weighted by Crippen LogP contribution is 2.36. The third-order valence-corrected chi connectivity index (χ3v) is 4.67. The van der Waals surface area contributed by atoms with E-state index < -0.39 is 11.4 Å². The number of hydrogen-bond donors (Lipinski definition) is 1. The van der Waals surface area contributed by atoms with E-state index in [9.17, 15) is 9.18 Å². The Balaban J connectivity index is 2.27. The molecule has 1 N–H and O–H groups in total. The molecular weight excluding hydrogens is 367 g/mol. The first-order chi connectivity index (χ1) is 10.5. The van der Waals surface area contributed by atoms with Crippen molar-refractivity contribution in [2.24, 2.45) is 0 Å². The van der Waals surface area contributed by atoms with Gasteiger partial charge in [0.2, 0.25) is 0 Å². The van der Waals surface area contributed by atoms with E-state index in [-0.39, 0.29) is 10.4 Å². The Kier molecular flexibility index (Phi) is 3.74. The number of thiocarbonyl (C=S) groups is 1. The van der Waals surface area contributed by atoms with Crippen molar-refractivity contribution in [2.45, 2.75) is 5.54 Å². The lowest BCUT2D eigenvalue weighted by molar-refractivity contribution is -0.129. The summed E-state index contributed by atoms with van der Waals surface area (Å²) >= 11 is 8.39. The Morgan fingerprint density at radius 3 is 2.68 bits per heavy atom. The monoisotopic (exact) mass is 377 g/mol. The third kappa shape index (κ3) is 2.14. The predicted molar refractivity (Wildman–Crippen MR) is 88.7 cm³/mol. The number of carbonyl (C=O) groups excluding carboxylic acids is 1. The second-order valence-electron chi connectivity index (χ2n) is 4.95. The van der Waals surface area contributed by atoms with Crippen molar-refractivity contribution < 1.29 is 9.18 Å². The first-order valence-electron chi connectivity index (χ1n) is 6.50. The van der Waals surface area contributed by atoms with E-state index in [0.717, 1.165) is 0 Å². The maximum atomic E-state index is 13.6. The summed E-state index contributed by atoms with van der Waals surface area (Å²) in [6, 6.07) is 14.7. The number of halogens is 2. The van der Waals surface area contributed by atoms with Crippen molar-refractivity contribution in [3.63, 3.8) is 0 Å². The van der Waals surface area contributed by atoms with Gasteiger partial charge in [0.25, 0.3) is 5.91 Å². The number of amides is 1. The van der Waals surface area contributed by atoms with Gasteiger partial charge in [-0.3, -0.25) is 9.69 Å². The van der Waals surface area contributed by atoms with Crippen LogP contribution in [0.1, 0.15) is 11.1 Å². The maximum Gasteiger partial charge on any atom is 0.263 e. The largest absolute Gasteiger partial charge is 0.341 e. The lowest BCUT2D eigenvalue weighted by Gasteiger charge is -2.28. The zero-order chi connectivity index (χ0) is 15.9. The summed E-state index contributed by atoms with van der Waals surface area (Å²) in [6.45, 7) is 0. The molecule has 1 amide bonds. The number of rotatable bonds is 2. The normalized spacial score (nSPS) is 21.1. The fourth-order valence-electron chi connectivity index (χ4n) is 2.53. The van der Waals surface area contributed by atoms with Gasteiger partial charge in [-0.15, -0.1) is 0 Å². The highest BCUT2D eigenvalue weighted by atomic mass is 79.9. The Labute approximate surface area is 141 Å². The predicted octanol–water partition coefficient (Wildman–Crippen LogP) is 2.98. The van der Waals surface area contributed by atoms with Gasteiger partial charge < -0.3 is 5.32 Å². The van der Waals surface area contributed by atoms with Gasteiger partial charge in [-0.1, -0.05) is 30.3 Å². The molecule has 1 radical (unpaired) electrons. The molecule has 0 saturated carbocycles. The number of benzene rings is 2. The zero-order valence-corrected chi connectivity index (χ0v) is 14.0.